The maximum atomic E-state index is 11.5. The van der Waals surface area contributed by atoms with E-state index in [0.29, 0.717) is 18.9 Å². The number of rotatable bonds is 5. The highest BCUT2D eigenvalue weighted by molar-refractivity contribution is 7.18. The third-order valence-corrected chi connectivity index (χ3v) is 5.59. The van der Waals surface area contributed by atoms with E-state index in [-0.39, 0.29) is 18.2 Å². The molecule has 1 amide bonds. The van der Waals surface area contributed by atoms with Crippen molar-refractivity contribution in [2.45, 2.75) is 26.2 Å². The van der Waals surface area contributed by atoms with Gasteiger partial charge in [-0.05, 0) is 29.7 Å². The molecule has 0 spiro atoms. The normalized spacial score (nSPS) is 14.3. The summed E-state index contributed by atoms with van der Waals surface area (Å²) < 4.78 is 6.43. The summed E-state index contributed by atoms with van der Waals surface area (Å²) in [6.07, 6.45) is 3.03. The van der Waals surface area contributed by atoms with Crippen molar-refractivity contribution in [2.75, 3.05) is 13.1 Å². The lowest BCUT2D eigenvalue weighted by Gasteiger charge is -2.25. The second-order valence-corrected chi connectivity index (χ2v) is 7.69. The van der Waals surface area contributed by atoms with Gasteiger partial charge in [0, 0.05) is 20.0 Å². The average molecular weight is 398 g/mol. The smallest absolute Gasteiger partial charge is 0.312 e. The highest BCUT2D eigenvalue weighted by Gasteiger charge is 2.16. The summed E-state index contributed by atoms with van der Waals surface area (Å²) in [5.74, 6) is -0.457. The topological polar surface area (TPSA) is 109 Å². The number of hydrogen-bond donors (Lipinski definition) is 1. The predicted octanol–water partition coefficient (Wildman–Crippen LogP) is 2.53. The van der Waals surface area contributed by atoms with Gasteiger partial charge >= 0.3 is 5.97 Å². The van der Waals surface area contributed by atoms with Crippen molar-refractivity contribution < 1.29 is 19.1 Å². The van der Waals surface area contributed by atoms with Gasteiger partial charge in [-0.2, -0.15) is 0 Å². The van der Waals surface area contributed by atoms with Crippen LogP contribution in [-0.4, -0.2) is 50.2 Å². The number of carbonyl (C=O) groups excluding carboxylic acids is 1. The number of fused-ring (bicyclic) bond motifs is 1. The van der Waals surface area contributed by atoms with E-state index >= 15 is 0 Å². The lowest BCUT2D eigenvalue weighted by atomic mass is 9.99. The maximum Gasteiger partial charge on any atom is 0.312 e. The molecule has 1 aliphatic rings. The Hall–Kier alpha value is -3.07. The molecule has 144 valence electrons. The SMILES string of the molecule is CC(=O)N1CC=C(c2ccc3nc(Cc4nnc(CC(=O)O)o4)sc3c2)CC1. The fourth-order valence-corrected chi connectivity index (χ4v) is 4.15. The van der Waals surface area contributed by atoms with Crippen molar-refractivity contribution in [3.8, 4) is 0 Å². The molecule has 1 N–H and O–H groups in total. The number of amides is 1. The first kappa shape index (κ1) is 18.3. The summed E-state index contributed by atoms with van der Waals surface area (Å²) in [6.45, 7) is 2.98. The molecule has 2 aromatic heterocycles. The minimum Gasteiger partial charge on any atom is -0.481 e. The molecular formula is C19H18N4O4S. The average Bonchev–Trinajstić information content (AvgIpc) is 3.26. The van der Waals surface area contributed by atoms with Crippen LogP contribution in [0, 0.1) is 0 Å². The standard InChI is InChI=1S/C19H18N4O4S/c1-11(24)23-6-4-12(5-7-23)13-2-3-14-15(8-13)28-18(20-14)9-16-21-22-17(27-16)10-19(25)26/h2-4,8H,5-7,9-10H2,1H3,(H,25,26). The fourth-order valence-electron chi connectivity index (χ4n) is 3.15. The first-order valence-electron chi connectivity index (χ1n) is 8.85. The lowest BCUT2D eigenvalue weighted by molar-refractivity contribution is -0.136. The van der Waals surface area contributed by atoms with Gasteiger partial charge in [-0.15, -0.1) is 21.5 Å². The molecule has 3 heterocycles. The summed E-state index contributed by atoms with van der Waals surface area (Å²) in [6, 6.07) is 6.17. The van der Waals surface area contributed by atoms with Gasteiger partial charge in [-0.3, -0.25) is 9.59 Å². The maximum absolute atomic E-state index is 11.5. The predicted molar refractivity (Wildman–Crippen MR) is 103 cm³/mol. The van der Waals surface area contributed by atoms with E-state index in [9.17, 15) is 9.59 Å². The zero-order valence-electron chi connectivity index (χ0n) is 15.2. The van der Waals surface area contributed by atoms with E-state index in [0.717, 1.165) is 33.8 Å². The number of hydrogen-bond acceptors (Lipinski definition) is 7. The Morgan fingerprint density at radius 3 is 2.82 bits per heavy atom. The second-order valence-electron chi connectivity index (χ2n) is 6.57. The van der Waals surface area contributed by atoms with Crippen LogP contribution in [-0.2, 0) is 22.4 Å². The van der Waals surface area contributed by atoms with Gasteiger partial charge in [0.2, 0.25) is 17.7 Å². The first-order chi connectivity index (χ1) is 13.5. The van der Waals surface area contributed by atoms with Gasteiger partial charge in [-0.1, -0.05) is 12.1 Å². The fraction of sp³-hybridized carbons (Fsp3) is 0.316. The Morgan fingerprint density at radius 2 is 2.11 bits per heavy atom. The second kappa shape index (κ2) is 7.51. The van der Waals surface area contributed by atoms with Crippen LogP contribution >= 0.6 is 11.3 Å². The Kier molecular flexibility index (Phi) is 4.91. The molecule has 0 saturated heterocycles. The van der Waals surface area contributed by atoms with E-state index in [1.165, 1.54) is 5.57 Å². The van der Waals surface area contributed by atoms with Crippen molar-refractivity contribution in [1.82, 2.24) is 20.1 Å². The summed E-state index contributed by atoms with van der Waals surface area (Å²) in [4.78, 5) is 28.6. The van der Waals surface area contributed by atoms with E-state index < -0.39 is 5.97 Å². The van der Waals surface area contributed by atoms with Gasteiger partial charge in [-0.25, -0.2) is 4.98 Å². The van der Waals surface area contributed by atoms with Gasteiger partial charge < -0.3 is 14.4 Å². The molecule has 0 bridgehead atoms. The molecule has 3 aromatic rings. The van der Waals surface area contributed by atoms with Crippen LogP contribution in [0.5, 0.6) is 0 Å². The van der Waals surface area contributed by atoms with Crippen LogP contribution < -0.4 is 0 Å². The Labute approximate surface area is 164 Å². The van der Waals surface area contributed by atoms with E-state index in [2.05, 4.69) is 33.4 Å². The molecule has 0 unspecified atom stereocenters. The molecule has 0 atom stereocenters. The number of carboxylic acids is 1. The van der Waals surface area contributed by atoms with E-state index in [1.54, 1.807) is 18.3 Å². The summed E-state index contributed by atoms with van der Waals surface area (Å²) in [5, 5.41) is 17.2. The first-order valence-corrected chi connectivity index (χ1v) is 9.67. The summed E-state index contributed by atoms with van der Waals surface area (Å²) >= 11 is 1.55. The highest BCUT2D eigenvalue weighted by atomic mass is 32.1. The quantitative estimate of drug-likeness (QED) is 0.703. The minimum absolute atomic E-state index is 0.0923. The number of aromatic nitrogens is 3. The molecule has 1 aliphatic heterocycles. The number of aliphatic carboxylic acids is 1. The molecule has 0 radical (unpaired) electrons. The molecule has 4 rings (SSSR count). The van der Waals surface area contributed by atoms with Crippen molar-refractivity contribution in [3.63, 3.8) is 0 Å². The third kappa shape index (κ3) is 3.94. The minimum atomic E-state index is -1.01. The van der Waals surface area contributed by atoms with Crippen LogP contribution in [0.3, 0.4) is 0 Å². The van der Waals surface area contributed by atoms with Crippen molar-refractivity contribution in [2.24, 2.45) is 0 Å². The van der Waals surface area contributed by atoms with Crippen LogP contribution in [0.15, 0.2) is 28.7 Å². The number of carbonyl (C=O) groups is 2. The number of benzene rings is 1. The van der Waals surface area contributed by atoms with Crippen molar-refractivity contribution in [3.05, 3.63) is 46.6 Å². The molecule has 9 heteroatoms. The van der Waals surface area contributed by atoms with Crippen molar-refractivity contribution in [1.29, 1.82) is 0 Å². The van der Waals surface area contributed by atoms with Gasteiger partial charge in [0.15, 0.2) is 0 Å². The van der Waals surface area contributed by atoms with Crippen LogP contribution in [0.2, 0.25) is 0 Å². The molecule has 0 aliphatic carbocycles. The van der Waals surface area contributed by atoms with Crippen molar-refractivity contribution >= 4 is 39.0 Å². The van der Waals surface area contributed by atoms with Gasteiger partial charge in [0.1, 0.15) is 11.4 Å². The number of carboxylic acid groups (broad SMARTS) is 1. The van der Waals surface area contributed by atoms with Gasteiger partial charge in [0.05, 0.1) is 16.6 Å². The van der Waals surface area contributed by atoms with E-state index in [4.69, 9.17) is 9.52 Å². The molecule has 8 nitrogen and oxygen atoms in total. The Morgan fingerprint density at radius 1 is 1.29 bits per heavy atom. The zero-order chi connectivity index (χ0) is 19.7. The largest absolute Gasteiger partial charge is 0.481 e. The van der Waals surface area contributed by atoms with Crippen LogP contribution in [0.25, 0.3) is 15.8 Å². The highest BCUT2D eigenvalue weighted by Crippen LogP contribution is 2.29. The molecule has 28 heavy (non-hydrogen) atoms. The molecule has 0 saturated carbocycles. The molecule has 0 fully saturated rings. The zero-order valence-corrected chi connectivity index (χ0v) is 16.0. The van der Waals surface area contributed by atoms with Crippen LogP contribution in [0.4, 0.5) is 0 Å². The Bertz CT molecular complexity index is 1080. The molecular weight excluding hydrogens is 380 g/mol. The monoisotopic (exact) mass is 398 g/mol. The van der Waals surface area contributed by atoms with Crippen LogP contribution in [0.1, 0.15) is 35.7 Å². The summed E-state index contributed by atoms with van der Waals surface area (Å²) in [7, 11) is 0. The number of nitrogens with zero attached hydrogens (tertiary/aromatic N) is 4. The number of thiazole rings is 1. The summed E-state index contributed by atoms with van der Waals surface area (Å²) in [5.41, 5.74) is 3.28. The molecule has 1 aromatic carbocycles. The Balaban J connectivity index is 1.51. The van der Waals surface area contributed by atoms with E-state index in [1.807, 2.05) is 11.0 Å². The third-order valence-electron chi connectivity index (χ3n) is 4.57. The lowest BCUT2D eigenvalue weighted by Crippen LogP contribution is -2.32. The van der Waals surface area contributed by atoms with Gasteiger partial charge in [0.25, 0.3) is 0 Å².